The Bertz CT molecular complexity index is 646. The average molecular weight is 285 g/mol. The van der Waals surface area contributed by atoms with E-state index < -0.39 is 22.5 Å². The maximum atomic E-state index is 12.1. The summed E-state index contributed by atoms with van der Waals surface area (Å²) in [5.41, 5.74) is 1.55. The quantitative estimate of drug-likeness (QED) is 0.799. The second-order valence-electron chi connectivity index (χ2n) is 4.29. The van der Waals surface area contributed by atoms with Gasteiger partial charge < -0.3 is 0 Å². The van der Waals surface area contributed by atoms with E-state index in [4.69, 9.17) is 4.55 Å². The summed E-state index contributed by atoms with van der Waals surface area (Å²) in [6.45, 7) is 0.266. The summed E-state index contributed by atoms with van der Waals surface area (Å²) in [4.78, 5) is 12.1. The van der Waals surface area contributed by atoms with E-state index in [9.17, 15) is 13.2 Å². The molecule has 9 heteroatoms. The van der Waals surface area contributed by atoms with Crippen LogP contribution >= 0.6 is 0 Å². The van der Waals surface area contributed by atoms with Crippen LogP contribution in [-0.4, -0.2) is 42.7 Å². The van der Waals surface area contributed by atoms with Crippen LogP contribution in [0, 0.1) is 0 Å². The Balaban J connectivity index is 2.07. The number of carbonyl (C=O) groups is 1. The van der Waals surface area contributed by atoms with Gasteiger partial charge in [0.05, 0.1) is 12.2 Å². The number of hydrogen-bond acceptors (Lipinski definition) is 5. The van der Waals surface area contributed by atoms with Crippen molar-refractivity contribution < 1.29 is 22.0 Å². The molecule has 8 nitrogen and oxygen atoms in total. The van der Waals surface area contributed by atoms with E-state index in [1.807, 2.05) is 12.1 Å². The van der Waals surface area contributed by atoms with Crippen molar-refractivity contribution in [3.05, 3.63) is 29.8 Å². The van der Waals surface area contributed by atoms with Gasteiger partial charge in [-0.2, -0.15) is 13.5 Å². The molecule has 2 heterocycles. The average Bonchev–Trinajstić information content (AvgIpc) is 2.61. The van der Waals surface area contributed by atoms with Gasteiger partial charge in [0.15, 0.2) is 0 Å². The number of nitrogens with zero attached hydrogens (tertiary/aromatic N) is 3. The Hall–Kier alpha value is -1.84. The lowest BCUT2D eigenvalue weighted by Gasteiger charge is -2.33. The van der Waals surface area contributed by atoms with Crippen LogP contribution in [0.1, 0.15) is 11.6 Å². The summed E-state index contributed by atoms with van der Waals surface area (Å²) < 4.78 is 34.8. The van der Waals surface area contributed by atoms with Crippen LogP contribution in [0.5, 0.6) is 0 Å². The Kier molecular flexibility index (Phi) is 2.46. The summed E-state index contributed by atoms with van der Waals surface area (Å²) >= 11 is 0. The molecule has 0 aliphatic carbocycles. The van der Waals surface area contributed by atoms with Crippen LogP contribution in [0.3, 0.4) is 0 Å². The van der Waals surface area contributed by atoms with Crippen molar-refractivity contribution in [2.24, 2.45) is 0 Å². The third-order valence-electron chi connectivity index (χ3n) is 3.22. The fourth-order valence-electron chi connectivity index (χ4n) is 2.42. The van der Waals surface area contributed by atoms with Crippen molar-refractivity contribution >= 4 is 22.1 Å². The number of urea groups is 1. The number of hydrazine groups is 1. The predicted molar refractivity (Wildman–Crippen MR) is 64.2 cm³/mol. The number of fused-ring (bicyclic) bond motifs is 4. The summed E-state index contributed by atoms with van der Waals surface area (Å²) in [5.74, 6) is 0. The molecule has 3 rings (SSSR count). The van der Waals surface area contributed by atoms with E-state index in [0.717, 1.165) is 11.3 Å². The van der Waals surface area contributed by atoms with Gasteiger partial charge in [0.1, 0.15) is 6.04 Å². The normalized spacial score (nSPS) is 21.9. The second kappa shape index (κ2) is 3.83. The number of amides is 2. The van der Waals surface area contributed by atoms with Gasteiger partial charge in [-0.1, -0.05) is 18.2 Å². The first kappa shape index (κ1) is 12.2. The van der Waals surface area contributed by atoms with Crippen molar-refractivity contribution in [2.75, 3.05) is 18.6 Å². The maximum absolute atomic E-state index is 12.1. The first-order valence-corrected chi connectivity index (χ1v) is 6.85. The largest absolute Gasteiger partial charge is 0.418 e. The van der Waals surface area contributed by atoms with Crippen molar-refractivity contribution in [1.29, 1.82) is 0 Å². The minimum Gasteiger partial charge on any atom is -0.284 e. The van der Waals surface area contributed by atoms with Crippen molar-refractivity contribution in [2.45, 2.75) is 6.04 Å². The molecule has 0 aromatic heterocycles. The van der Waals surface area contributed by atoms with Gasteiger partial charge in [0.25, 0.3) is 0 Å². The Morgan fingerprint density at radius 3 is 2.74 bits per heavy atom. The molecule has 0 radical (unpaired) electrons. The molecule has 1 atom stereocenters. The molecule has 1 saturated heterocycles. The molecule has 0 spiro atoms. The minimum absolute atomic E-state index is 0.266. The number of carbonyl (C=O) groups excluding carboxylic acids is 1. The predicted octanol–water partition coefficient (Wildman–Crippen LogP) is 0.565. The van der Waals surface area contributed by atoms with Gasteiger partial charge >= 0.3 is 16.4 Å². The molecule has 102 valence electrons. The Morgan fingerprint density at radius 1 is 1.37 bits per heavy atom. The lowest BCUT2D eigenvalue weighted by molar-refractivity contribution is -0.0314. The molecule has 1 aromatic carbocycles. The fraction of sp³-hybridized carbons (Fsp3) is 0.300. The summed E-state index contributed by atoms with van der Waals surface area (Å²) in [7, 11) is -3.04. The molecule has 1 unspecified atom stereocenters. The molecule has 2 amide bonds. The van der Waals surface area contributed by atoms with Crippen LogP contribution in [-0.2, 0) is 14.7 Å². The number of anilines is 1. The highest BCUT2D eigenvalue weighted by Gasteiger charge is 2.48. The molecule has 0 saturated carbocycles. The fourth-order valence-corrected chi connectivity index (χ4v) is 2.79. The van der Waals surface area contributed by atoms with Gasteiger partial charge in [-0.05, 0) is 6.07 Å². The number of para-hydroxylation sites is 1. The Labute approximate surface area is 109 Å². The topological polar surface area (TPSA) is 90.4 Å². The second-order valence-corrected chi connectivity index (χ2v) is 5.30. The summed E-state index contributed by atoms with van der Waals surface area (Å²) in [5, 5.41) is 3.65. The van der Waals surface area contributed by atoms with Crippen molar-refractivity contribution in [1.82, 2.24) is 10.1 Å². The number of hydrogen-bond donors (Lipinski definition) is 1. The smallest absolute Gasteiger partial charge is 0.284 e. The molecule has 2 aliphatic rings. The van der Waals surface area contributed by atoms with Gasteiger partial charge in [-0.3, -0.25) is 9.56 Å². The van der Waals surface area contributed by atoms with E-state index in [2.05, 4.69) is 4.28 Å². The zero-order valence-corrected chi connectivity index (χ0v) is 10.7. The van der Waals surface area contributed by atoms with Crippen molar-refractivity contribution in [3.63, 3.8) is 0 Å². The molecule has 2 aliphatic heterocycles. The first-order chi connectivity index (χ1) is 8.88. The van der Waals surface area contributed by atoms with Crippen LogP contribution in [0.4, 0.5) is 10.5 Å². The van der Waals surface area contributed by atoms with Crippen LogP contribution in [0.25, 0.3) is 0 Å². The van der Waals surface area contributed by atoms with E-state index >= 15 is 0 Å². The monoisotopic (exact) mass is 285 g/mol. The SMILES string of the molecule is CN1c2ccccc2C2CN1C(=O)N2OS(=O)(=O)O. The molecule has 1 aromatic rings. The lowest BCUT2D eigenvalue weighted by atomic mass is 10.0. The highest BCUT2D eigenvalue weighted by atomic mass is 32.3. The number of hydroxylamine groups is 2. The molecule has 19 heavy (non-hydrogen) atoms. The highest BCUT2D eigenvalue weighted by molar-refractivity contribution is 7.80. The van der Waals surface area contributed by atoms with E-state index in [1.54, 1.807) is 24.2 Å². The van der Waals surface area contributed by atoms with E-state index in [0.29, 0.717) is 5.06 Å². The van der Waals surface area contributed by atoms with E-state index in [1.165, 1.54) is 5.01 Å². The molecule has 2 bridgehead atoms. The third-order valence-corrected chi connectivity index (χ3v) is 3.57. The molecule has 1 N–H and O–H groups in total. The first-order valence-electron chi connectivity index (χ1n) is 5.49. The maximum Gasteiger partial charge on any atom is 0.418 e. The zero-order chi connectivity index (χ0) is 13.8. The van der Waals surface area contributed by atoms with Crippen LogP contribution in [0.15, 0.2) is 24.3 Å². The van der Waals surface area contributed by atoms with Gasteiger partial charge in [0, 0.05) is 12.6 Å². The Morgan fingerprint density at radius 2 is 2.05 bits per heavy atom. The van der Waals surface area contributed by atoms with Gasteiger partial charge in [-0.25, -0.2) is 9.80 Å². The lowest BCUT2D eigenvalue weighted by Crippen LogP contribution is -2.43. The van der Waals surface area contributed by atoms with Crippen LogP contribution < -0.4 is 5.01 Å². The summed E-state index contributed by atoms with van der Waals surface area (Å²) in [6.07, 6.45) is 0. The van der Waals surface area contributed by atoms with E-state index in [-0.39, 0.29) is 6.54 Å². The number of rotatable bonds is 2. The minimum atomic E-state index is -4.74. The molecular weight excluding hydrogens is 274 g/mol. The summed E-state index contributed by atoms with van der Waals surface area (Å²) in [6, 6.07) is 6.00. The van der Waals surface area contributed by atoms with Gasteiger partial charge in [-0.15, -0.1) is 4.28 Å². The van der Waals surface area contributed by atoms with Crippen LogP contribution in [0.2, 0.25) is 0 Å². The third kappa shape index (κ3) is 1.82. The molecule has 1 fully saturated rings. The van der Waals surface area contributed by atoms with Crippen molar-refractivity contribution in [3.8, 4) is 0 Å². The van der Waals surface area contributed by atoms with Gasteiger partial charge in [0.2, 0.25) is 0 Å². The standard InChI is InChI=1S/C10H11N3O5S/c1-11-8-5-3-2-4-7(8)9-6-12(11)10(14)13(9)18-19(15,16)17/h2-5,9H,6H2,1H3,(H,15,16,17). The highest BCUT2D eigenvalue weighted by Crippen LogP contribution is 2.41. The molecular formula is C10H11N3O5S. The zero-order valence-electron chi connectivity index (χ0n) is 9.92. The number of benzene rings is 1.